The maximum absolute atomic E-state index is 14.3. The van der Waals surface area contributed by atoms with Crippen molar-refractivity contribution >= 4 is 52.1 Å². The van der Waals surface area contributed by atoms with Gasteiger partial charge in [-0.15, -0.1) is 11.3 Å². The van der Waals surface area contributed by atoms with Gasteiger partial charge in [0.2, 0.25) is 0 Å². The number of para-hydroxylation sites is 2. The molecule has 6 rings (SSSR count). The van der Waals surface area contributed by atoms with E-state index in [1.54, 1.807) is 30.0 Å². The van der Waals surface area contributed by atoms with E-state index in [0.717, 1.165) is 28.2 Å². The molecule has 1 aliphatic carbocycles. The van der Waals surface area contributed by atoms with Crippen molar-refractivity contribution in [3.63, 3.8) is 0 Å². The number of fused-ring (bicyclic) bond motifs is 3. The number of pyridine rings is 1. The Labute approximate surface area is 241 Å². The quantitative estimate of drug-likeness (QED) is 0.249. The van der Waals surface area contributed by atoms with Crippen molar-refractivity contribution in [3.8, 4) is 10.4 Å². The zero-order valence-corrected chi connectivity index (χ0v) is 23.9. The number of aryl methyl sites for hydroxylation is 1. The Morgan fingerprint density at radius 3 is 2.67 bits per heavy atom. The summed E-state index contributed by atoms with van der Waals surface area (Å²) in [6, 6.07) is 19.8. The molecule has 2 aromatic heterocycles. The number of hydrogen-bond acceptors (Lipinski definition) is 6. The van der Waals surface area contributed by atoms with Crippen molar-refractivity contribution in [1.82, 2.24) is 4.98 Å². The van der Waals surface area contributed by atoms with E-state index < -0.39 is 5.82 Å². The average molecular weight is 573 g/mol. The molecule has 6 nitrogen and oxygen atoms in total. The molecule has 40 heavy (non-hydrogen) atoms. The Morgan fingerprint density at radius 2 is 1.90 bits per heavy atom. The molecule has 1 fully saturated rings. The van der Waals surface area contributed by atoms with Crippen LogP contribution in [-0.4, -0.2) is 40.9 Å². The highest BCUT2D eigenvalue weighted by Gasteiger charge is 2.41. The highest BCUT2D eigenvalue weighted by Crippen LogP contribution is 2.47. The number of carbonyl (C=O) groups is 2. The minimum atomic E-state index is -0.463. The molecule has 204 valence electrons. The fraction of sp³-hybridized carbons (Fsp3) is 0.258. The van der Waals surface area contributed by atoms with E-state index in [-0.39, 0.29) is 22.2 Å². The van der Waals surface area contributed by atoms with Crippen molar-refractivity contribution in [2.24, 2.45) is 0 Å². The second-order valence-electron chi connectivity index (χ2n) is 10.2. The van der Waals surface area contributed by atoms with Crippen molar-refractivity contribution < 1.29 is 14.0 Å². The summed E-state index contributed by atoms with van der Waals surface area (Å²) < 4.78 is 14.6. The molecule has 0 saturated heterocycles. The normalized spacial score (nSPS) is 15.0. The lowest BCUT2D eigenvalue weighted by Crippen LogP contribution is -2.33. The molecule has 0 spiro atoms. The van der Waals surface area contributed by atoms with Gasteiger partial charge in [-0.05, 0) is 73.9 Å². The zero-order valence-electron chi connectivity index (χ0n) is 22.3. The molecule has 2 aromatic carbocycles. The molecule has 0 bridgehead atoms. The van der Waals surface area contributed by atoms with Gasteiger partial charge in [-0.3, -0.25) is 9.59 Å². The third kappa shape index (κ3) is 5.11. The molecule has 2 aliphatic rings. The molecule has 1 saturated carbocycles. The molecule has 4 aromatic rings. The Morgan fingerprint density at radius 1 is 1.10 bits per heavy atom. The van der Waals surface area contributed by atoms with E-state index in [4.69, 9.17) is 0 Å². The fourth-order valence-electron chi connectivity index (χ4n) is 5.02. The highest BCUT2D eigenvalue weighted by atomic mass is 32.2. The molecule has 1 aliphatic heterocycles. The van der Waals surface area contributed by atoms with Gasteiger partial charge in [0.05, 0.1) is 16.3 Å². The molecule has 2 N–H and O–H groups in total. The van der Waals surface area contributed by atoms with Crippen LogP contribution in [0.2, 0.25) is 0 Å². The van der Waals surface area contributed by atoms with Gasteiger partial charge in [0.15, 0.2) is 0 Å². The van der Waals surface area contributed by atoms with Crippen LogP contribution in [0, 0.1) is 12.7 Å². The number of halogens is 1. The Hall–Kier alpha value is -3.69. The number of carbonyl (C=O) groups excluding carboxylic acids is 2. The second-order valence-corrected chi connectivity index (χ2v) is 12.6. The van der Waals surface area contributed by atoms with Gasteiger partial charge in [-0.25, -0.2) is 9.37 Å². The second kappa shape index (κ2) is 10.7. The first kappa shape index (κ1) is 26.5. The Bertz CT molecular complexity index is 1590. The smallest absolute Gasteiger partial charge is 0.276 e. The number of benzene rings is 2. The SMILES string of the molecule is CSC1(CNc2cccc(C(=O)N3CCc4cc(C(=O)Nc5c(C)cccc5F)sc4-c4ccccc43)n2)CC1. The van der Waals surface area contributed by atoms with Crippen LogP contribution in [0.1, 0.15) is 44.1 Å². The number of nitrogens with zero attached hydrogens (tertiary/aromatic N) is 2. The summed E-state index contributed by atoms with van der Waals surface area (Å²) in [5, 5.41) is 6.16. The predicted molar refractivity (Wildman–Crippen MR) is 162 cm³/mol. The van der Waals surface area contributed by atoms with Gasteiger partial charge < -0.3 is 15.5 Å². The summed E-state index contributed by atoms with van der Waals surface area (Å²) in [7, 11) is 0. The van der Waals surface area contributed by atoms with Crippen LogP contribution in [-0.2, 0) is 6.42 Å². The summed E-state index contributed by atoms with van der Waals surface area (Å²) in [6.07, 6.45) is 5.10. The molecule has 0 atom stereocenters. The van der Waals surface area contributed by atoms with Crippen LogP contribution in [0.3, 0.4) is 0 Å². The third-order valence-corrected chi connectivity index (χ3v) is 10.2. The van der Waals surface area contributed by atoms with Gasteiger partial charge in [-0.2, -0.15) is 11.8 Å². The van der Waals surface area contributed by atoms with Crippen LogP contribution in [0.5, 0.6) is 0 Å². The van der Waals surface area contributed by atoms with E-state index in [9.17, 15) is 14.0 Å². The summed E-state index contributed by atoms with van der Waals surface area (Å²) in [5.74, 6) is -0.269. The number of nitrogens with one attached hydrogen (secondary N) is 2. The van der Waals surface area contributed by atoms with E-state index in [1.807, 2.05) is 54.2 Å². The van der Waals surface area contributed by atoms with Gasteiger partial charge in [0.1, 0.15) is 17.3 Å². The summed E-state index contributed by atoms with van der Waals surface area (Å²) in [5.41, 5.74) is 3.90. The van der Waals surface area contributed by atoms with E-state index in [1.165, 1.54) is 30.2 Å². The first-order chi connectivity index (χ1) is 19.4. The molecule has 0 unspecified atom stereocenters. The monoisotopic (exact) mass is 572 g/mol. The number of rotatable bonds is 7. The van der Waals surface area contributed by atoms with Crippen molar-refractivity contribution in [2.75, 3.05) is 34.9 Å². The van der Waals surface area contributed by atoms with Crippen LogP contribution >= 0.6 is 23.1 Å². The van der Waals surface area contributed by atoms with Gasteiger partial charge in [0.25, 0.3) is 11.8 Å². The molecule has 3 heterocycles. The largest absolute Gasteiger partial charge is 0.369 e. The molecular formula is C31H29FN4O2S2. The van der Waals surface area contributed by atoms with Crippen molar-refractivity contribution in [3.05, 3.63) is 94.2 Å². The lowest BCUT2D eigenvalue weighted by atomic mass is 10.1. The van der Waals surface area contributed by atoms with Gasteiger partial charge in [-0.1, -0.05) is 36.4 Å². The third-order valence-electron chi connectivity index (χ3n) is 7.58. The Balaban J connectivity index is 1.26. The van der Waals surface area contributed by atoms with Crippen LogP contribution in [0.25, 0.3) is 10.4 Å². The van der Waals surface area contributed by atoms with Gasteiger partial charge >= 0.3 is 0 Å². The fourth-order valence-corrected chi connectivity index (χ4v) is 6.89. The molecule has 2 amide bonds. The van der Waals surface area contributed by atoms with Crippen LogP contribution in [0.15, 0.2) is 66.7 Å². The van der Waals surface area contributed by atoms with E-state index in [2.05, 4.69) is 21.9 Å². The van der Waals surface area contributed by atoms with Crippen molar-refractivity contribution in [2.45, 2.75) is 30.9 Å². The highest BCUT2D eigenvalue weighted by molar-refractivity contribution is 8.00. The van der Waals surface area contributed by atoms with Crippen molar-refractivity contribution in [1.29, 1.82) is 0 Å². The predicted octanol–water partition coefficient (Wildman–Crippen LogP) is 7.02. The first-order valence-corrected chi connectivity index (χ1v) is 15.3. The van der Waals surface area contributed by atoms with Crippen LogP contribution < -0.4 is 15.5 Å². The summed E-state index contributed by atoms with van der Waals surface area (Å²) in [6.45, 7) is 3.04. The summed E-state index contributed by atoms with van der Waals surface area (Å²) >= 11 is 3.24. The maximum atomic E-state index is 14.3. The number of hydrogen-bond donors (Lipinski definition) is 2. The lowest BCUT2D eigenvalue weighted by molar-refractivity contribution is 0.0981. The van der Waals surface area contributed by atoms with E-state index >= 15 is 0 Å². The number of amides is 2. The van der Waals surface area contributed by atoms with Gasteiger partial charge in [0, 0.05) is 28.3 Å². The zero-order chi connectivity index (χ0) is 27.9. The number of anilines is 3. The summed E-state index contributed by atoms with van der Waals surface area (Å²) in [4.78, 5) is 34.8. The van der Waals surface area contributed by atoms with Crippen LogP contribution in [0.4, 0.5) is 21.6 Å². The average Bonchev–Trinajstić information content (AvgIpc) is 3.67. The topological polar surface area (TPSA) is 74.3 Å². The molecule has 0 radical (unpaired) electrons. The van der Waals surface area contributed by atoms with E-state index in [0.29, 0.717) is 34.9 Å². The minimum absolute atomic E-state index is 0.162. The Kier molecular flexibility index (Phi) is 7.10. The number of thioether (sulfide) groups is 1. The lowest BCUT2D eigenvalue weighted by Gasteiger charge is -2.23. The molecular weight excluding hydrogens is 543 g/mol. The molecule has 9 heteroatoms. The standard InChI is InChI=1S/C31H29FN4O2S2/c1-19-7-5-9-22(32)27(19)35-29(37)25-17-20-13-16-36(24-11-4-3-8-21(24)28(20)40-25)30(38)23-10-6-12-26(34-23)33-18-31(39-2)14-15-31/h3-12,17H,13-16,18H2,1-2H3,(H,33,34)(H,35,37). The first-order valence-electron chi connectivity index (χ1n) is 13.2. The number of thiophene rings is 1. The minimum Gasteiger partial charge on any atom is -0.369 e. The maximum Gasteiger partial charge on any atom is 0.276 e. The number of aromatic nitrogens is 1.